The summed E-state index contributed by atoms with van der Waals surface area (Å²) in [5.41, 5.74) is 5.86. The van der Waals surface area contributed by atoms with Crippen LogP contribution in [0.1, 0.15) is 38.7 Å². The summed E-state index contributed by atoms with van der Waals surface area (Å²) in [6, 6.07) is 4.83. The number of ether oxygens (including phenoxy) is 1. The van der Waals surface area contributed by atoms with E-state index in [9.17, 15) is 10.1 Å². The van der Waals surface area contributed by atoms with Gasteiger partial charge in [0.15, 0.2) is 0 Å². The molecule has 0 saturated heterocycles. The SMILES string of the molecule is Cc1c(OCCCCC(C)(C)C(=N)N)cccc1[N+](=O)[O-]. The highest BCUT2D eigenvalue weighted by Crippen LogP contribution is 2.27. The Kier molecular flexibility index (Phi) is 5.69. The van der Waals surface area contributed by atoms with Crippen LogP contribution in [-0.4, -0.2) is 17.4 Å². The predicted octanol–water partition coefficient (Wildman–Crippen LogP) is 3.41. The molecule has 0 aliphatic heterocycles. The molecule has 0 unspecified atom stereocenters. The Balaban J connectivity index is 2.46. The van der Waals surface area contributed by atoms with E-state index in [1.54, 1.807) is 19.1 Å². The number of nitrogens with one attached hydrogen (secondary N) is 1. The van der Waals surface area contributed by atoms with Crippen LogP contribution in [0.15, 0.2) is 18.2 Å². The molecule has 0 bridgehead atoms. The molecule has 0 aromatic heterocycles. The van der Waals surface area contributed by atoms with E-state index < -0.39 is 4.92 Å². The molecule has 6 heteroatoms. The largest absolute Gasteiger partial charge is 0.493 e. The van der Waals surface area contributed by atoms with Crippen LogP contribution in [-0.2, 0) is 0 Å². The molecule has 116 valence electrons. The van der Waals surface area contributed by atoms with Crippen LogP contribution in [0.3, 0.4) is 0 Å². The first kappa shape index (κ1) is 16.9. The van der Waals surface area contributed by atoms with Gasteiger partial charge in [-0.2, -0.15) is 0 Å². The first-order valence-corrected chi connectivity index (χ1v) is 6.97. The summed E-state index contributed by atoms with van der Waals surface area (Å²) in [4.78, 5) is 10.4. The van der Waals surface area contributed by atoms with E-state index in [1.807, 2.05) is 13.8 Å². The Bertz CT molecular complexity index is 527. The molecule has 0 aliphatic carbocycles. The Morgan fingerprint density at radius 1 is 1.43 bits per heavy atom. The molecule has 0 amide bonds. The van der Waals surface area contributed by atoms with Crippen LogP contribution in [0.25, 0.3) is 0 Å². The molecular formula is C15H23N3O3. The van der Waals surface area contributed by atoms with Crippen molar-refractivity contribution >= 4 is 11.5 Å². The minimum Gasteiger partial charge on any atom is -0.493 e. The molecule has 0 fully saturated rings. The monoisotopic (exact) mass is 293 g/mol. The van der Waals surface area contributed by atoms with Gasteiger partial charge in [-0.05, 0) is 32.3 Å². The van der Waals surface area contributed by atoms with Crippen LogP contribution in [0.4, 0.5) is 5.69 Å². The van der Waals surface area contributed by atoms with Crippen molar-refractivity contribution in [2.75, 3.05) is 6.61 Å². The summed E-state index contributed by atoms with van der Waals surface area (Å²) in [6.07, 6.45) is 2.53. The van der Waals surface area contributed by atoms with Gasteiger partial charge in [-0.1, -0.05) is 19.9 Å². The molecule has 0 atom stereocenters. The van der Waals surface area contributed by atoms with Crippen molar-refractivity contribution in [3.63, 3.8) is 0 Å². The quantitative estimate of drug-likeness (QED) is 0.252. The number of nitro benzene ring substituents is 1. The second kappa shape index (κ2) is 7.06. The van der Waals surface area contributed by atoms with Gasteiger partial charge < -0.3 is 10.5 Å². The van der Waals surface area contributed by atoms with Crippen molar-refractivity contribution in [2.24, 2.45) is 11.1 Å². The molecule has 21 heavy (non-hydrogen) atoms. The smallest absolute Gasteiger partial charge is 0.276 e. The molecule has 1 rings (SSSR count). The summed E-state index contributed by atoms with van der Waals surface area (Å²) in [5, 5.41) is 18.3. The minimum absolute atomic E-state index is 0.0743. The summed E-state index contributed by atoms with van der Waals surface area (Å²) in [6.45, 7) is 6.07. The number of unbranched alkanes of at least 4 members (excludes halogenated alkanes) is 1. The highest BCUT2D eigenvalue weighted by atomic mass is 16.6. The van der Waals surface area contributed by atoms with E-state index in [1.165, 1.54) is 6.07 Å². The molecule has 1 aromatic rings. The predicted molar refractivity (Wildman–Crippen MR) is 82.9 cm³/mol. The van der Waals surface area contributed by atoms with E-state index in [2.05, 4.69) is 0 Å². The number of hydrogen-bond donors (Lipinski definition) is 2. The molecule has 0 aliphatic rings. The van der Waals surface area contributed by atoms with Crippen molar-refractivity contribution in [2.45, 2.75) is 40.0 Å². The van der Waals surface area contributed by atoms with E-state index in [0.29, 0.717) is 17.9 Å². The maximum atomic E-state index is 10.8. The van der Waals surface area contributed by atoms with Crippen molar-refractivity contribution in [3.05, 3.63) is 33.9 Å². The van der Waals surface area contributed by atoms with Crippen LogP contribution in [0, 0.1) is 27.9 Å². The standard InChI is InChI=1S/C15H23N3O3/c1-11-12(18(19)20)7-6-8-13(11)21-10-5-4-9-15(2,3)14(16)17/h6-8H,4-5,9-10H2,1-3H3,(H3,16,17). The Morgan fingerprint density at radius 3 is 2.67 bits per heavy atom. The molecular weight excluding hydrogens is 270 g/mol. The number of nitro groups is 1. The zero-order valence-electron chi connectivity index (χ0n) is 12.8. The number of hydrogen-bond acceptors (Lipinski definition) is 4. The fraction of sp³-hybridized carbons (Fsp3) is 0.533. The fourth-order valence-electron chi connectivity index (χ4n) is 1.94. The second-order valence-electron chi connectivity index (χ2n) is 5.76. The van der Waals surface area contributed by atoms with Gasteiger partial charge >= 0.3 is 0 Å². The Morgan fingerprint density at radius 2 is 2.10 bits per heavy atom. The van der Waals surface area contributed by atoms with Crippen LogP contribution >= 0.6 is 0 Å². The number of rotatable bonds is 8. The Labute approximate surface area is 125 Å². The molecule has 0 spiro atoms. The highest BCUT2D eigenvalue weighted by molar-refractivity contribution is 5.82. The number of benzene rings is 1. The van der Waals surface area contributed by atoms with E-state index in [4.69, 9.17) is 15.9 Å². The highest BCUT2D eigenvalue weighted by Gasteiger charge is 2.20. The molecule has 3 N–H and O–H groups in total. The lowest BCUT2D eigenvalue weighted by molar-refractivity contribution is -0.385. The van der Waals surface area contributed by atoms with Gasteiger partial charge in [0.05, 0.1) is 22.9 Å². The maximum absolute atomic E-state index is 10.8. The summed E-state index contributed by atoms with van der Waals surface area (Å²) < 4.78 is 5.61. The van der Waals surface area contributed by atoms with Gasteiger partial charge in [-0.25, -0.2) is 0 Å². The lowest BCUT2D eigenvalue weighted by Gasteiger charge is -2.22. The average molecular weight is 293 g/mol. The lowest BCUT2D eigenvalue weighted by Crippen LogP contribution is -2.30. The number of nitrogens with two attached hydrogens (primary N) is 1. The second-order valence-corrected chi connectivity index (χ2v) is 5.76. The molecule has 1 aromatic carbocycles. The van der Waals surface area contributed by atoms with Gasteiger partial charge in [-0.15, -0.1) is 0 Å². The van der Waals surface area contributed by atoms with E-state index in [0.717, 1.165) is 19.3 Å². The minimum atomic E-state index is -0.405. The molecule has 6 nitrogen and oxygen atoms in total. The fourth-order valence-corrected chi connectivity index (χ4v) is 1.94. The normalized spacial score (nSPS) is 11.2. The summed E-state index contributed by atoms with van der Waals surface area (Å²) in [7, 11) is 0. The van der Waals surface area contributed by atoms with Gasteiger partial charge in [0.1, 0.15) is 5.75 Å². The third-order valence-corrected chi connectivity index (χ3v) is 3.64. The summed E-state index contributed by atoms with van der Waals surface area (Å²) in [5.74, 6) is 0.743. The van der Waals surface area contributed by atoms with Crippen LogP contribution in [0.5, 0.6) is 5.75 Å². The summed E-state index contributed by atoms with van der Waals surface area (Å²) >= 11 is 0. The van der Waals surface area contributed by atoms with Gasteiger partial charge in [0.2, 0.25) is 0 Å². The maximum Gasteiger partial charge on any atom is 0.276 e. The molecule has 0 heterocycles. The van der Waals surface area contributed by atoms with Gasteiger partial charge in [-0.3, -0.25) is 15.5 Å². The van der Waals surface area contributed by atoms with Gasteiger partial charge in [0.25, 0.3) is 5.69 Å². The number of nitrogens with zero attached hydrogens (tertiary/aromatic N) is 1. The van der Waals surface area contributed by atoms with Crippen molar-refractivity contribution < 1.29 is 9.66 Å². The third kappa shape index (κ3) is 4.73. The van der Waals surface area contributed by atoms with Crippen LogP contribution < -0.4 is 10.5 Å². The molecule has 0 saturated carbocycles. The van der Waals surface area contributed by atoms with E-state index in [-0.39, 0.29) is 16.9 Å². The number of amidine groups is 1. The average Bonchev–Trinajstić information content (AvgIpc) is 2.39. The van der Waals surface area contributed by atoms with Gasteiger partial charge in [0, 0.05) is 11.5 Å². The first-order valence-electron chi connectivity index (χ1n) is 6.97. The zero-order valence-corrected chi connectivity index (χ0v) is 12.8. The zero-order chi connectivity index (χ0) is 16.0. The first-order chi connectivity index (χ1) is 9.75. The van der Waals surface area contributed by atoms with Crippen molar-refractivity contribution in [3.8, 4) is 5.75 Å². The lowest BCUT2D eigenvalue weighted by atomic mass is 9.86. The Hall–Kier alpha value is -2.11. The van der Waals surface area contributed by atoms with Crippen molar-refractivity contribution in [1.29, 1.82) is 5.41 Å². The van der Waals surface area contributed by atoms with E-state index >= 15 is 0 Å². The topological polar surface area (TPSA) is 102 Å². The molecule has 0 radical (unpaired) electrons. The van der Waals surface area contributed by atoms with Crippen molar-refractivity contribution in [1.82, 2.24) is 0 Å². The van der Waals surface area contributed by atoms with Crippen LogP contribution in [0.2, 0.25) is 0 Å². The third-order valence-electron chi connectivity index (χ3n) is 3.64.